The van der Waals surface area contributed by atoms with E-state index in [1.807, 2.05) is 19.1 Å². The van der Waals surface area contributed by atoms with Crippen LogP contribution in [0.5, 0.6) is 0 Å². The van der Waals surface area contributed by atoms with Crippen LogP contribution in [-0.2, 0) is 9.84 Å². The third-order valence-electron chi connectivity index (χ3n) is 5.05. The number of halogens is 1. The van der Waals surface area contributed by atoms with Gasteiger partial charge in [0.1, 0.15) is 10.6 Å². The highest BCUT2D eigenvalue weighted by atomic mass is 35.5. The zero-order valence-electron chi connectivity index (χ0n) is 15.6. The van der Waals surface area contributed by atoms with Crippen LogP contribution in [0.3, 0.4) is 0 Å². The van der Waals surface area contributed by atoms with Crippen molar-refractivity contribution in [2.45, 2.75) is 48.6 Å². The molecular formula is C19H22ClN3O2S2. The molecule has 0 aliphatic carbocycles. The van der Waals surface area contributed by atoms with Crippen molar-refractivity contribution >= 4 is 43.9 Å². The summed E-state index contributed by atoms with van der Waals surface area (Å²) >= 11 is 8.13. The largest absolute Gasteiger partial charge is 0.365 e. The molecule has 2 N–H and O–H groups in total. The van der Waals surface area contributed by atoms with Gasteiger partial charge in [-0.2, -0.15) is 0 Å². The van der Waals surface area contributed by atoms with Crippen LogP contribution in [0.4, 0.5) is 0 Å². The van der Waals surface area contributed by atoms with Crippen molar-refractivity contribution in [3.63, 3.8) is 0 Å². The fourth-order valence-corrected chi connectivity index (χ4v) is 7.12. The number of sulfone groups is 1. The van der Waals surface area contributed by atoms with E-state index in [9.17, 15) is 8.42 Å². The van der Waals surface area contributed by atoms with E-state index < -0.39 is 20.1 Å². The minimum atomic E-state index is -3.49. The normalized spacial score (nSPS) is 31.4. The maximum atomic E-state index is 12.8. The first kappa shape index (κ1) is 20.2. The Hall–Kier alpha value is -1.49. The van der Waals surface area contributed by atoms with Gasteiger partial charge in [-0.3, -0.25) is 10.4 Å². The van der Waals surface area contributed by atoms with Gasteiger partial charge >= 0.3 is 0 Å². The van der Waals surface area contributed by atoms with E-state index in [0.717, 1.165) is 16.0 Å². The Kier molecular flexibility index (Phi) is 5.13. The second-order valence-corrected chi connectivity index (χ2v) is 11.8. The van der Waals surface area contributed by atoms with Crippen LogP contribution in [0.15, 0.2) is 24.5 Å². The Balaban J connectivity index is 1.89. The number of pyridine rings is 1. The molecule has 0 spiro atoms. The third kappa shape index (κ3) is 3.51. The maximum Gasteiger partial charge on any atom is 0.164 e. The summed E-state index contributed by atoms with van der Waals surface area (Å²) < 4.78 is 24.4. The predicted molar refractivity (Wildman–Crippen MR) is 113 cm³/mol. The lowest BCUT2D eigenvalue weighted by molar-refractivity contribution is 0.417. The van der Waals surface area contributed by atoms with Gasteiger partial charge in [0.25, 0.3) is 0 Å². The second kappa shape index (κ2) is 6.84. The lowest BCUT2D eigenvalue weighted by atomic mass is 9.95. The van der Waals surface area contributed by atoms with Gasteiger partial charge in [-0.1, -0.05) is 12.0 Å². The number of nitrogens with zero attached hydrogens (tertiary/aromatic N) is 1. The Morgan fingerprint density at radius 2 is 2.07 bits per heavy atom. The molecule has 8 heteroatoms. The summed E-state index contributed by atoms with van der Waals surface area (Å²) in [4.78, 5) is 5.18. The van der Waals surface area contributed by atoms with E-state index in [0.29, 0.717) is 0 Å². The van der Waals surface area contributed by atoms with E-state index >= 15 is 0 Å². The quantitative estimate of drug-likeness (QED) is 0.564. The van der Waals surface area contributed by atoms with Crippen LogP contribution in [0.2, 0.25) is 0 Å². The first-order valence-electron chi connectivity index (χ1n) is 8.50. The Morgan fingerprint density at radius 1 is 1.37 bits per heavy atom. The topological polar surface area (TPSA) is 82.9 Å². The van der Waals surface area contributed by atoms with E-state index in [1.165, 1.54) is 11.8 Å². The number of nitrogens with one attached hydrogen (secondary N) is 2. The fourth-order valence-electron chi connectivity index (χ4n) is 3.26. The highest BCUT2D eigenvalue weighted by Gasteiger charge is 2.54. The van der Waals surface area contributed by atoms with E-state index in [4.69, 9.17) is 17.0 Å². The summed E-state index contributed by atoms with van der Waals surface area (Å²) in [5.74, 6) is 5.78. The van der Waals surface area contributed by atoms with E-state index in [1.54, 1.807) is 33.2 Å². The summed E-state index contributed by atoms with van der Waals surface area (Å²) in [7, 11) is -3.49. The molecule has 2 aliphatic rings. The lowest BCUT2D eigenvalue weighted by Crippen LogP contribution is -2.69. The van der Waals surface area contributed by atoms with Gasteiger partial charge < -0.3 is 5.32 Å². The molecule has 2 aliphatic heterocycles. The molecule has 3 rings (SSSR count). The summed E-state index contributed by atoms with van der Waals surface area (Å²) in [6.45, 7) is 6.72. The molecule has 3 atom stereocenters. The summed E-state index contributed by atoms with van der Waals surface area (Å²) in [5.41, 5.74) is 0.889. The fraction of sp³-hybridized carbons (Fsp3) is 0.474. The zero-order chi connectivity index (χ0) is 20.0. The monoisotopic (exact) mass is 423 g/mol. The number of aromatic nitrogens is 1. The Morgan fingerprint density at radius 3 is 2.70 bits per heavy atom. The minimum absolute atomic E-state index is 0.0102. The van der Waals surface area contributed by atoms with Gasteiger partial charge in [-0.15, -0.1) is 29.3 Å². The molecule has 1 aromatic rings. The number of allylic oxidation sites excluding steroid dienone is 1. The van der Waals surface area contributed by atoms with Gasteiger partial charge in [-0.05, 0) is 33.8 Å². The standard InChI is InChI=1S/C19H22ClN3O2S2/c1-5-6-12-7-13(10-22-9-12)15-8-14(20)16(26-15)19(4)11-27(24,25)18(2,3)17(21)23-19/h7-10,14,16H,11H2,1-4H3,(H2,21,23)/t14?,16?,19-/m0/s1. The van der Waals surface area contributed by atoms with Crippen LogP contribution in [0.25, 0.3) is 4.91 Å². The van der Waals surface area contributed by atoms with Gasteiger partial charge in [0, 0.05) is 28.4 Å². The molecule has 0 amide bonds. The Bertz CT molecular complexity index is 992. The van der Waals surface area contributed by atoms with Crippen molar-refractivity contribution in [1.82, 2.24) is 10.3 Å². The molecule has 0 aromatic carbocycles. The molecule has 0 radical (unpaired) electrons. The van der Waals surface area contributed by atoms with Gasteiger partial charge in [-0.25, -0.2) is 8.42 Å². The number of amidine groups is 1. The molecule has 5 nitrogen and oxygen atoms in total. The first-order chi connectivity index (χ1) is 12.5. The van der Waals surface area contributed by atoms with E-state index in [2.05, 4.69) is 22.1 Å². The average molecular weight is 424 g/mol. The number of rotatable bonds is 2. The predicted octanol–water partition coefficient (Wildman–Crippen LogP) is 3.05. The van der Waals surface area contributed by atoms with Crippen LogP contribution in [0.1, 0.15) is 38.8 Å². The average Bonchev–Trinajstić information content (AvgIpc) is 2.96. The molecule has 3 heterocycles. The molecule has 1 fully saturated rings. The van der Waals surface area contributed by atoms with Gasteiger partial charge in [0.15, 0.2) is 9.84 Å². The SMILES string of the molecule is CC#Cc1cncc(C2=CC(Cl)C([C@]3(C)CS(=O)(=O)C(C)(C)C(=N)N3)S2)c1. The number of alkyl halides is 1. The second-order valence-electron chi connectivity index (χ2n) is 7.54. The lowest BCUT2D eigenvalue weighted by Gasteiger charge is -2.46. The highest BCUT2D eigenvalue weighted by Crippen LogP contribution is 2.47. The highest BCUT2D eigenvalue weighted by molar-refractivity contribution is 8.09. The molecule has 1 aromatic heterocycles. The Labute approximate surface area is 169 Å². The van der Waals surface area contributed by atoms with Gasteiger partial charge in [0.2, 0.25) is 0 Å². The summed E-state index contributed by atoms with van der Waals surface area (Å²) in [6, 6.07) is 1.95. The summed E-state index contributed by atoms with van der Waals surface area (Å²) in [6.07, 6.45) is 5.39. The van der Waals surface area contributed by atoms with Crippen LogP contribution >= 0.6 is 23.4 Å². The summed E-state index contributed by atoms with van der Waals surface area (Å²) in [5, 5.41) is 10.8. The molecule has 27 heavy (non-hydrogen) atoms. The van der Waals surface area contributed by atoms with Crippen LogP contribution in [0, 0.1) is 17.3 Å². The molecule has 0 bridgehead atoms. The number of hydrogen-bond acceptors (Lipinski definition) is 5. The maximum absolute atomic E-state index is 12.8. The molecular weight excluding hydrogens is 402 g/mol. The zero-order valence-corrected chi connectivity index (χ0v) is 18.0. The molecule has 144 valence electrons. The molecule has 1 saturated heterocycles. The van der Waals surface area contributed by atoms with Crippen molar-refractivity contribution < 1.29 is 8.42 Å². The first-order valence-corrected chi connectivity index (χ1v) is 11.5. The van der Waals surface area contributed by atoms with Crippen molar-refractivity contribution in [3.8, 4) is 11.8 Å². The minimum Gasteiger partial charge on any atom is -0.365 e. The van der Waals surface area contributed by atoms with Crippen LogP contribution < -0.4 is 5.32 Å². The smallest absolute Gasteiger partial charge is 0.164 e. The van der Waals surface area contributed by atoms with Gasteiger partial charge in [0.05, 0.1) is 21.9 Å². The van der Waals surface area contributed by atoms with Crippen molar-refractivity contribution in [2.75, 3.05) is 5.75 Å². The van der Waals surface area contributed by atoms with Crippen molar-refractivity contribution in [3.05, 3.63) is 35.7 Å². The molecule has 2 unspecified atom stereocenters. The van der Waals surface area contributed by atoms with Crippen LogP contribution in [-0.4, -0.2) is 45.9 Å². The van der Waals surface area contributed by atoms with Crippen molar-refractivity contribution in [1.29, 1.82) is 5.41 Å². The third-order valence-corrected chi connectivity index (χ3v) is 10.0. The van der Waals surface area contributed by atoms with Crippen molar-refractivity contribution in [2.24, 2.45) is 0 Å². The number of thioether (sulfide) groups is 1. The van der Waals surface area contributed by atoms with E-state index in [-0.39, 0.29) is 22.2 Å². The number of hydrogen-bond donors (Lipinski definition) is 2. The molecule has 0 saturated carbocycles.